The molecule has 2 atom stereocenters. The average molecular weight is 319 g/mol. The minimum Gasteiger partial charge on any atom is -0.478 e. The Hall–Kier alpha value is -1.88. The van der Waals surface area contributed by atoms with Crippen molar-refractivity contribution in [1.29, 1.82) is 0 Å². The van der Waals surface area contributed by atoms with E-state index in [-0.39, 0.29) is 17.5 Å². The molecule has 4 nitrogen and oxygen atoms in total. The van der Waals surface area contributed by atoms with E-state index in [2.05, 4.69) is 0 Å². The van der Waals surface area contributed by atoms with E-state index in [1.54, 1.807) is 24.3 Å². The standard InChI is InChI=1S/C17H15ClO4/c18-10-13-11-21-17(22-13,12-6-2-1-3-7-12)15-9-5-4-8-14(15)16(19)20/h1-9,13H,10-11H2,(H,19,20). The predicted molar refractivity (Wildman–Crippen MR) is 82.2 cm³/mol. The zero-order valence-corrected chi connectivity index (χ0v) is 12.5. The van der Waals surface area contributed by atoms with Gasteiger partial charge >= 0.3 is 5.97 Å². The SMILES string of the molecule is O=C(O)c1ccccc1C1(c2ccccc2)OCC(CCl)O1. The highest BCUT2D eigenvalue weighted by Gasteiger charge is 2.46. The molecule has 1 saturated heterocycles. The third-order valence-electron chi connectivity index (χ3n) is 3.64. The van der Waals surface area contributed by atoms with Gasteiger partial charge in [0.2, 0.25) is 5.79 Å². The Kier molecular flexibility index (Phi) is 4.16. The van der Waals surface area contributed by atoms with Gasteiger partial charge in [0.25, 0.3) is 0 Å². The lowest BCUT2D eigenvalue weighted by molar-refractivity contribution is -0.140. The molecule has 1 fully saturated rings. The maximum atomic E-state index is 11.6. The van der Waals surface area contributed by atoms with Crippen LogP contribution in [0.5, 0.6) is 0 Å². The number of rotatable bonds is 4. The number of hydrogen-bond donors (Lipinski definition) is 1. The van der Waals surface area contributed by atoms with Gasteiger partial charge in [-0.25, -0.2) is 4.79 Å². The Morgan fingerprint density at radius 2 is 1.86 bits per heavy atom. The summed E-state index contributed by atoms with van der Waals surface area (Å²) in [6.45, 7) is 0.312. The minimum absolute atomic E-state index is 0.154. The van der Waals surface area contributed by atoms with Crippen LogP contribution in [-0.4, -0.2) is 29.7 Å². The van der Waals surface area contributed by atoms with Crippen molar-refractivity contribution in [2.75, 3.05) is 12.5 Å². The Morgan fingerprint density at radius 3 is 2.50 bits per heavy atom. The van der Waals surface area contributed by atoms with Crippen LogP contribution in [0.25, 0.3) is 0 Å². The van der Waals surface area contributed by atoms with E-state index in [9.17, 15) is 9.90 Å². The van der Waals surface area contributed by atoms with Crippen molar-refractivity contribution in [1.82, 2.24) is 0 Å². The smallest absolute Gasteiger partial charge is 0.336 e. The molecule has 1 heterocycles. The fourth-order valence-electron chi connectivity index (χ4n) is 2.65. The Labute approximate surface area is 133 Å². The van der Waals surface area contributed by atoms with E-state index < -0.39 is 11.8 Å². The van der Waals surface area contributed by atoms with Gasteiger partial charge in [-0.05, 0) is 6.07 Å². The van der Waals surface area contributed by atoms with Crippen LogP contribution in [0.3, 0.4) is 0 Å². The quantitative estimate of drug-likeness (QED) is 0.879. The van der Waals surface area contributed by atoms with Crippen LogP contribution >= 0.6 is 11.6 Å². The van der Waals surface area contributed by atoms with Gasteiger partial charge in [0.15, 0.2) is 0 Å². The first-order chi connectivity index (χ1) is 10.7. The van der Waals surface area contributed by atoms with E-state index >= 15 is 0 Å². The molecular formula is C17H15ClO4. The third kappa shape index (κ3) is 2.50. The van der Waals surface area contributed by atoms with Crippen molar-refractivity contribution < 1.29 is 19.4 Å². The molecule has 2 unspecified atom stereocenters. The van der Waals surface area contributed by atoms with Crippen molar-refractivity contribution in [3.63, 3.8) is 0 Å². The second kappa shape index (κ2) is 6.08. The predicted octanol–water partition coefficient (Wildman–Crippen LogP) is 3.24. The van der Waals surface area contributed by atoms with Crippen LogP contribution in [0.2, 0.25) is 0 Å². The lowest BCUT2D eigenvalue weighted by Crippen LogP contribution is -2.32. The summed E-state index contributed by atoms with van der Waals surface area (Å²) >= 11 is 5.89. The van der Waals surface area contributed by atoms with Gasteiger partial charge in [-0.2, -0.15) is 0 Å². The number of ether oxygens (including phenoxy) is 2. The molecule has 0 radical (unpaired) electrons. The molecule has 0 spiro atoms. The molecule has 22 heavy (non-hydrogen) atoms. The van der Waals surface area contributed by atoms with E-state index in [4.69, 9.17) is 21.1 Å². The van der Waals surface area contributed by atoms with Crippen LogP contribution < -0.4 is 0 Å². The van der Waals surface area contributed by atoms with Gasteiger partial charge in [0, 0.05) is 11.1 Å². The number of carboxylic acid groups (broad SMARTS) is 1. The molecular weight excluding hydrogens is 304 g/mol. The molecule has 3 rings (SSSR count). The summed E-state index contributed by atoms with van der Waals surface area (Å²) in [7, 11) is 0. The summed E-state index contributed by atoms with van der Waals surface area (Å²) in [5, 5.41) is 9.47. The molecule has 114 valence electrons. The van der Waals surface area contributed by atoms with Gasteiger partial charge in [0.05, 0.1) is 24.2 Å². The highest BCUT2D eigenvalue weighted by Crippen LogP contribution is 2.42. The normalized spacial score (nSPS) is 24.3. The Bertz CT molecular complexity index is 673. The highest BCUT2D eigenvalue weighted by molar-refractivity contribution is 6.18. The lowest BCUT2D eigenvalue weighted by atomic mass is 9.93. The fraction of sp³-hybridized carbons (Fsp3) is 0.235. The maximum Gasteiger partial charge on any atom is 0.336 e. The first kappa shape index (κ1) is 15.0. The molecule has 0 saturated carbocycles. The molecule has 1 N–H and O–H groups in total. The van der Waals surface area contributed by atoms with Gasteiger partial charge in [-0.15, -0.1) is 11.6 Å². The summed E-state index contributed by atoms with van der Waals surface area (Å²) < 4.78 is 12.0. The summed E-state index contributed by atoms with van der Waals surface area (Å²) in [6.07, 6.45) is -0.288. The van der Waals surface area contributed by atoms with E-state index in [1.807, 2.05) is 30.3 Å². The highest BCUT2D eigenvalue weighted by atomic mass is 35.5. The molecule has 0 amide bonds. The van der Waals surface area contributed by atoms with Crippen molar-refractivity contribution in [2.24, 2.45) is 0 Å². The number of alkyl halides is 1. The van der Waals surface area contributed by atoms with Crippen LogP contribution in [0.4, 0.5) is 0 Å². The zero-order chi connectivity index (χ0) is 15.6. The Balaban J connectivity index is 2.18. The molecule has 1 aliphatic heterocycles. The molecule has 5 heteroatoms. The Morgan fingerprint density at radius 1 is 1.18 bits per heavy atom. The van der Waals surface area contributed by atoms with E-state index in [0.29, 0.717) is 12.2 Å². The minimum atomic E-state index is -1.24. The summed E-state index contributed by atoms with van der Waals surface area (Å²) in [6, 6.07) is 16.0. The maximum absolute atomic E-state index is 11.6. The van der Waals surface area contributed by atoms with Gasteiger partial charge in [0.1, 0.15) is 0 Å². The van der Waals surface area contributed by atoms with Crippen molar-refractivity contribution >= 4 is 17.6 Å². The van der Waals surface area contributed by atoms with Crippen LogP contribution in [-0.2, 0) is 15.3 Å². The van der Waals surface area contributed by atoms with Crippen molar-refractivity contribution in [3.8, 4) is 0 Å². The van der Waals surface area contributed by atoms with E-state index in [0.717, 1.165) is 5.56 Å². The van der Waals surface area contributed by atoms with Crippen molar-refractivity contribution in [2.45, 2.75) is 11.9 Å². The van der Waals surface area contributed by atoms with Crippen LogP contribution in [0.1, 0.15) is 21.5 Å². The number of carbonyl (C=O) groups is 1. The summed E-state index contributed by atoms with van der Waals surface area (Å²) in [4.78, 5) is 11.6. The lowest BCUT2D eigenvalue weighted by Gasteiger charge is -2.30. The number of carboxylic acids is 1. The van der Waals surface area contributed by atoms with Gasteiger partial charge in [-0.1, -0.05) is 48.5 Å². The van der Waals surface area contributed by atoms with E-state index in [1.165, 1.54) is 0 Å². The molecule has 2 aromatic rings. The van der Waals surface area contributed by atoms with Gasteiger partial charge < -0.3 is 14.6 Å². The average Bonchev–Trinajstić information content (AvgIpc) is 3.01. The third-order valence-corrected chi connectivity index (χ3v) is 3.99. The molecule has 1 aliphatic rings. The molecule has 0 bridgehead atoms. The topological polar surface area (TPSA) is 55.8 Å². The second-order valence-electron chi connectivity index (χ2n) is 5.04. The number of hydrogen-bond acceptors (Lipinski definition) is 3. The number of halogens is 1. The fourth-order valence-corrected chi connectivity index (χ4v) is 2.80. The summed E-state index contributed by atoms with van der Waals surface area (Å²) in [5.41, 5.74) is 1.37. The molecule has 0 aromatic heterocycles. The van der Waals surface area contributed by atoms with Crippen LogP contribution in [0, 0.1) is 0 Å². The number of benzene rings is 2. The van der Waals surface area contributed by atoms with Gasteiger partial charge in [-0.3, -0.25) is 0 Å². The number of aromatic carboxylic acids is 1. The first-order valence-electron chi connectivity index (χ1n) is 6.93. The second-order valence-corrected chi connectivity index (χ2v) is 5.35. The monoisotopic (exact) mass is 318 g/mol. The van der Waals surface area contributed by atoms with Crippen molar-refractivity contribution in [3.05, 3.63) is 71.3 Å². The largest absolute Gasteiger partial charge is 0.478 e. The molecule has 2 aromatic carbocycles. The zero-order valence-electron chi connectivity index (χ0n) is 11.7. The van der Waals surface area contributed by atoms with Crippen LogP contribution in [0.15, 0.2) is 54.6 Å². The first-order valence-corrected chi connectivity index (χ1v) is 7.47. The molecule has 0 aliphatic carbocycles. The summed E-state index contributed by atoms with van der Waals surface area (Å²) in [5.74, 6) is -1.98.